The van der Waals surface area contributed by atoms with Gasteiger partial charge in [-0.15, -0.1) is 0 Å². The van der Waals surface area contributed by atoms with Gasteiger partial charge < -0.3 is 30.9 Å². The first-order chi connectivity index (χ1) is 17.8. The average molecular weight is 525 g/mol. The number of aliphatic hydroxyl groups is 2. The topological polar surface area (TPSA) is 148 Å². The Labute approximate surface area is 222 Å². The predicted octanol–water partition coefficient (Wildman–Crippen LogP) is 1.49. The van der Waals surface area contributed by atoms with Crippen molar-refractivity contribution in [2.24, 2.45) is 23.5 Å². The minimum Gasteiger partial charge on any atom is -0.510 e. The van der Waals surface area contributed by atoms with Crippen LogP contribution in [0.4, 0.5) is 5.69 Å². The number of aromatic hydroxyl groups is 1. The normalized spacial score (nSPS) is 25.3. The van der Waals surface area contributed by atoms with Crippen molar-refractivity contribution in [1.29, 1.82) is 0 Å². The van der Waals surface area contributed by atoms with Crippen molar-refractivity contribution in [3.63, 3.8) is 0 Å². The van der Waals surface area contributed by atoms with Crippen LogP contribution in [0.1, 0.15) is 23.1 Å². The second kappa shape index (κ2) is 9.92. The third-order valence-electron chi connectivity index (χ3n) is 7.82. The number of phenols is 1. The number of rotatable bonds is 6. The fourth-order valence-corrected chi connectivity index (χ4v) is 6.25. The number of aliphatic hydroxyl groups excluding tert-OH is 2. The van der Waals surface area contributed by atoms with Gasteiger partial charge in [0.25, 0.3) is 5.91 Å². The lowest BCUT2D eigenvalue weighted by Crippen LogP contribution is -2.55. The molecule has 204 valence electrons. The number of likely N-dealkylation sites (N-methyl/N-ethyl adjacent to an activating group) is 2. The molecule has 0 heterocycles. The van der Waals surface area contributed by atoms with E-state index in [0.29, 0.717) is 30.5 Å². The molecule has 0 aromatic heterocycles. The first-order valence-electron chi connectivity index (χ1n) is 12.6. The van der Waals surface area contributed by atoms with Crippen LogP contribution in [0.25, 0.3) is 11.8 Å². The van der Waals surface area contributed by atoms with E-state index in [1.165, 1.54) is 0 Å². The van der Waals surface area contributed by atoms with Crippen LogP contribution in [0, 0.1) is 17.8 Å². The van der Waals surface area contributed by atoms with Crippen LogP contribution in [0.3, 0.4) is 0 Å². The van der Waals surface area contributed by atoms with Gasteiger partial charge in [0.2, 0.25) is 0 Å². The van der Waals surface area contributed by atoms with Gasteiger partial charge in [-0.05, 0) is 64.5 Å². The Hall–Kier alpha value is -3.63. The highest BCUT2D eigenvalue weighted by atomic mass is 16.3. The van der Waals surface area contributed by atoms with E-state index in [4.69, 9.17) is 5.73 Å². The third kappa shape index (κ3) is 4.27. The molecule has 5 N–H and O–H groups in total. The SMILES string of the molecule is CN(C)C/C=C/c1cc(N(C)C)c2c(c1O)C(O)=C1C(=O)C3C(=O)C(C(N)=O)=C(O)[C@H](N(C)C)C3CC1C2. The fourth-order valence-electron chi connectivity index (χ4n) is 6.25. The van der Waals surface area contributed by atoms with Crippen LogP contribution >= 0.6 is 0 Å². The number of nitrogens with two attached hydrogens (primary N) is 1. The lowest BCUT2D eigenvalue weighted by atomic mass is 9.59. The Morgan fingerprint density at radius 3 is 2.29 bits per heavy atom. The summed E-state index contributed by atoms with van der Waals surface area (Å²) >= 11 is 0. The third-order valence-corrected chi connectivity index (χ3v) is 7.82. The molecule has 3 aliphatic carbocycles. The van der Waals surface area contributed by atoms with Crippen LogP contribution in [0.2, 0.25) is 0 Å². The average Bonchev–Trinajstić information content (AvgIpc) is 2.79. The quantitative estimate of drug-likeness (QED) is 0.321. The maximum absolute atomic E-state index is 13.9. The number of phenolic OH excluding ortho intramolecular Hbond substituents is 1. The zero-order valence-corrected chi connectivity index (χ0v) is 22.6. The molecule has 0 radical (unpaired) electrons. The minimum absolute atomic E-state index is 0.0734. The van der Waals surface area contributed by atoms with Crippen molar-refractivity contribution in [2.75, 3.05) is 53.7 Å². The lowest BCUT2D eigenvalue weighted by molar-refractivity contribution is -0.136. The van der Waals surface area contributed by atoms with Crippen molar-refractivity contribution in [3.8, 4) is 5.75 Å². The largest absolute Gasteiger partial charge is 0.510 e. The standard InChI is InChI=1S/C28H36N4O6/c1-30(2)9-7-8-13-12-17(31(3)4)15-10-14-11-16-20(25(35)18(14)24(34)19(15)23(13)33)26(36)21(28(29)38)27(37)22(16)32(5)6/h7-8,12,14,16,20,22,33-34,37H,9-11H2,1-6H3,(H2,29,38)/b8-7+/t14?,16?,20?,22-/m1/s1. The lowest BCUT2D eigenvalue weighted by Gasteiger charge is -2.46. The van der Waals surface area contributed by atoms with Gasteiger partial charge in [-0.3, -0.25) is 19.3 Å². The molecule has 10 nitrogen and oxygen atoms in total. The molecule has 1 aromatic rings. The molecule has 3 unspecified atom stereocenters. The minimum atomic E-state index is -1.27. The van der Waals surface area contributed by atoms with E-state index in [1.807, 2.05) is 50.1 Å². The number of carbonyl (C=O) groups excluding carboxylic acids is 3. The number of ketones is 2. The summed E-state index contributed by atoms with van der Waals surface area (Å²) < 4.78 is 0. The molecule has 1 aromatic carbocycles. The zero-order valence-electron chi connectivity index (χ0n) is 22.6. The Morgan fingerprint density at radius 1 is 1.08 bits per heavy atom. The second-order valence-corrected chi connectivity index (χ2v) is 11.0. The van der Waals surface area contributed by atoms with E-state index in [0.717, 1.165) is 5.69 Å². The summed E-state index contributed by atoms with van der Waals surface area (Å²) in [6, 6.07) is 1.09. The van der Waals surface area contributed by atoms with Crippen molar-refractivity contribution < 1.29 is 29.7 Å². The molecule has 38 heavy (non-hydrogen) atoms. The summed E-state index contributed by atoms with van der Waals surface area (Å²) in [5.41, 5.74) is 7.10. The fraction of sp³-hybridized carbons (Fsp3) is 0.464. The van der Waals surface area contributed by atoms with Gasteiger partial charge in [0, 0.05) is 37.5 Å². The van der Waals surface area contributed by atoms with E-state index in [9.17, 15) is 29.7 Å². The highest BCUT2D eigenvalue weighted by Crippen LogP contribution is 2.52. The van der Waals surface area contributed by atoms with Gasteiger partial charge in [0.15, 0.2) is 11.6 Å². The van der Waals surface area contributed by atoms with Gasteiger partial charge in [-0.25, -0.2) is 0 Å². The van der Waals surface area contributed by atoms with Crippen LogP contribution < -0.4 is 10.6 Å². The molecule has 0 spiro atoms. The molecular weight excluding hydrogens is 488 g/mol. The molecule has 0 saturated heterocycles. The van der Waals surface area contributed by atoms with Gasteiger partial charge in [0.1, 0.15) is 22.8 Å². The molecule has 0 bridgehead atoms. The number of Topliss-reactive ketones (excluding diaryl/α,β-unsaturated/α-hetero) is 2. The first kappa shape index (κ1) is 27.4. The van der Waals surface area contributed by atoms with E-state index in [1.54, 1.807) is 25.1 Å². The molecule has 1 amide bonds. The van der Waals surface area contributed by atoms with Crippen LogP contribution in [-0.4, -0.2) is 97.5 Å². The Balaban J connectivity index is 1.90. The summed E-state index contributed by atoms with van der Waals surface area (Å²) in [4.78, 5) is 44.9. The van der Waals surface area contributed by atoms with E-state index in [-0.39, 0.29) is 22.6 Å². The van der Waals surface area contributed by atoms with Crippen molar-refractivity contribution in [3.05, 3.63) is 45.7 Å². The Morgan fingerprint density at radius 2 is 1.74 bits per heavy atom. The van der Waals surface area contributed by atoms with E-state index in [2.05, 4.69) is 0 Å². The van der Waals surface area contributed by atoms with Gasteiger partial charge in [-0.1, -0.05) is 12.2 Å². The number of primary amides is 1. The molecule has 1 fully saturated rings. The second-order valence-electron chi connectivity index (χ2n) is 11.0. The Bertz CT molecular complexity index is 1310. The number of fused-ring (bicyclic) bond motifs is 3. The van der Waals surface area contributed by atoms with Crippen LogP contribution in [-0.2, 0) is 20.8 Å². The molecule has 1 saturated carbocycles. The molecule has 0 aliphatic heterocycles. The summed E-state index contributed by atoms with van der Waals surface area (Å²) in [7, 11) is 11.0. The number of anilines is 1. The van der Waals surface area contributed by atoms with Gasteiger partial charge in [-0.2, -0.15) is 0 Å². The summed E-state index contributed by atoms with van der Waals surface area (Å²) in [6.07, 6.45) is 4.33. The smallest absolute Gasteiger partial charge is 0.255 e. The number of benzene rings is 1. The molecule has 4 rings (SSSR count). The van der Waals surface area contributed by atoms with Crippen LogP contribution in [0.5, 0.6) is 5.75 Å². The van der Waals surface area contributed by atoms with E-state index < -0.39 is 52.6 Å². The highest BCUT2D eigenvalue weighted by molar-refractivity contribution is 6.28. The van der Waals surface area contributed by atoms with Crippen molar-refractivity contribution in [2.45, 2.75) is 18.9 Å². The maximum Gasteiger partial charge on any atom is 0.255 e. The molecule has 3 aliphatic rings. The van der Waals surface area contributed by atoms with Gasteiger partial charge in [0.05, 0.1) is 17.5 Å². The number of nitrogens with zero attached hydrogens (tertiary/aromatic N) is 3. The van der Waals surface area contributed by atoms with Gasteiger partial charge >= 0.3 is 0 Å². The molecule has 10 heteroatoms. The number of hydrogen-bond donors (Lipinski definition) is 4. The maximum atomic E-state index is 13.9. The van der Waals surface area contributed by atoms with E-state index >= 15 is 0 Å². The molecule has 4 atom stereocenters. The monoisotopic (exact) mass is 524 g/mol. The summed E-state index contributed by atoms with van der Waals surface area (Å²) in [6.45, 7) is 0.641. The number of carbonyl (C=O) groups is 3. The first-order valence-corrected chi connectivity index (χ1v) is 12.6. The number of hydrogen-bond acceptors (Lipinski definition) is 9. The predicted molar refractivity (Wildman–Crippen MR) is 145 cm³/mol. The Kier molecular flexibility index (Phi) is 7.15. The number of allylic oxidation sites excluding steroid dienone is 1. The molecular formula is C28H36N4O6. The number of amides is 1. The zero-order chi connectivity index (χ0) is 28.2. The van der Waals surface area contributed by atoms with Crippen LogP contribution in [0.15, 0.2) is 29.0 Å². The van der Waals surface area contributed by atoms with Crippen molar-refractivity contribution >= 4 is 35.0 Å². The summed E-state index contributed by atoms with van der Waals surface area (Å²) in [5, 5.41) is 33.6. The highest BCUT2D eigenvalue weighted by Gasteiger charge is 2.55. The summed E-state index contributed by atoms with van der Waals surface area (Å²) in [5.74, 6) is -5.76. The van der Waals surface area contributed by atoms with Crippen molar-refractivity contribution in [1.82, 2.24) is 9.80 Å².